The fourth-order valence-electron chi connectivity index (χ4n) is 7.71. The average Bonchev–Trinajstić information content (AvgIpc) is 3.74. The lowest BCUT2D eigenvalue weighted by Crippen LogP contribution is -2.07. The minimum Gasteiger partial charge on any atom is -0.456 e. The first-order chi connectivity index (χ1) is 25.8. The van der Waals surface area contributed by atoms with Crippen LogP contribution < -0.4 is 0 Å². The van der Waals surface area contributed by atoms with Crippen molar-refractivity contribution in [2.45, 2.75) is 0 Å². The second kappa shape index (κ2) is 11.9. The zero-order valence-corrected chi connectivity index (χ0v) is 27.6. The zero-order chi connectivity index (χ0) is 34.6. The van der Waals surface area contributed by atoms with Crippen LogP contribution in [0.1, 0.15) is 5.56 Å². The van der Waals surface area contributed by atoms with Crippen molar-refractivity contribution in [2.75, 3.05) is 0 Å². The number of hydrogen-bond donors (Lipinski definition) is 0. The van der Waals surface area contributed by atoms with Crippen LogP contribution in [0.4, 0.5) is 0 Å². The molecule has 52 heavy (non-hydrogen) atoms. The summed E-state index contributed by atoms with van der Waals surface area (Å²) in [6.07, 6.45) is 14.3. The third-order valence-electron chi connectivity index (χ3n) is 9.86. The van der Waals surface area contributed by atoms with Crippen LogP contribution in [0.2, 0.25) is 0 Å². The lowest BCUT2D eigenvalue weighted by molar-refractivity contribution is 0.669. The van der Waals surface area contributed by atoms with Crippen molar-refractivity contribution in [2.24, 2.45) is 0 Å². The van der Waals surface area contributed by atoms with Crippen LogP contribution in [0, 0.1) is 11.3 Å². The van der Waals surface area contributed by atoms with Crippen molar-refractivity contribution in [1.29, 1.82) is 5.26 Å². The molecule has 6 heterocycles. The maximum atomic E-state index is 11.3. The number of furan rings is 1. The average molecular weight is 667 g/mol. The van der Waals surface area contributed by atoms with E-state index in [1.165, 1.54) is 0 Å². The maximum absolute atomic E-state index is 11.3. The summed E-state index contributed by atoms with van der Waals surface area (Å²) in [6, 6.07) is 39.7. The van der Waals surface area contributed by atoms with E-state index in [0.29, 0.717) is 5.56 Å². The van der Waals surface area contributed by atoms with Gasteiger partial charge in [-0.15, -0.1) is 0 Å². The van der Waals surface area contributed by atoms with Crippen LogP contribution in [-0.4, -0.2) is 24.5 Å². The Bertz CT molecular complexity index is 2900. The monoisotopic (exact) mass is 666 g/mol. The van der Waals surface area contributed by atoms with Crippen molar-refractivity contribution in [3.63, 3.8) is 0 Å². The zero-order valence-electron chi connectivity index (χ0n) is 27.6. The number of nitriles is 1. The molecule has 10 aromatic rings. The molecular formula is C45H26N6O. The summed E-state index contributed by atoms with van der Waals surface area (Å²) in [5.41, 5.74) is 12.0. The van der Waals surface area contributed by atoms with Crippen molar-refractivity contribution < 1.29 is 4.42 Å². The van der Waals surface area contributed by atoms with Crippen molar-refractivity contribution in [3.05, 3.63) is 164 Å². The van der Waals surface area contributed by atoms with Gasteiger partial charge in [-0.25, -0.2) is 0 Å². The Hall–Kier alpha value is -7.43. The molecule has 0 fully saturated rings. The quantitative estimate of drug-likeness (QED) is 0.181. The molecule has 10 rings (SSSR count). The van der Waals surface area contributed by atoms with Gasteiger partial charge in [-0.2, -0.15) is 5.26 Å². The smallest absolute Gasteiger partial charge is 0.137 e. The first-order valence-corrected chi connectivity index (χ1v) is 16.9. The first-order valence-electron chi connectivity index (χ1n) is 16.9. The van der Waals surface area contributed by atoms with Gasteiger partial charge in [0.25, 0.3) is 0 Å². The molecule has 0 spiro atoms. The third kappa shape index (κ3) is 4.45. The molecule has 4 aromatic carbocycles. The fourth-order valence-corrected chi connectivity index (χ4v) is 7.71. The van der Waals surface area contributed by atoms with Crippen LogP contribution in [-0.2, 0) is 0 Å². The second-order valence-corrected chi connectivity index (χ2v) is 12.6. The molecule has 7 heteroatoms. The highest BCUT2D eigenvalue weighted by Gasteiger charge is 2.30. The molecule has 6 aromatic heterocycles. The minimum atomic E-state index is 0.542. The lowest BCUT2D eigenvalue weighted by Gasteiger charge is -2.27. The summed E-state index contributed by atoms with van der Waals surface area (Å²) < 4.78 is 8.86. The summed E-state index contributed by atoms with van der Waals surface area (Å²) in [4.78, 5) is 17.5. The molecule has 0 N–H and O–H groups in total. The number of nitrogens with zero attached hydrogens (tertiary/aromatic N) is 6. The molecule has 0 saturated heterocycles. The van der Waals surface area contributed by atoms with Gasteiger partial charge in [-0.1, -0.05) is 36.4 Å². The highest BCUT2D eigenvalue weighted by molar-refractivity contribution is 6.19. The van der Waals surface area contributed by atoms with E-state index < -0.39 is 0 Å². The van der Waals surface area contributed by atoms with Gasteiger partial charge in [-0.05, 0) is 89.0 Å². The number of para-hydroxylation sites is 2. The van der Waals surface area contributed by atoms with Gasteiger partial charge >= 0.3 is 0 Å². The van der Waals surface area contributed by atoms with Crippen molar-refractivity contribution in [1.82, 2.24) is 24.5 Å². The largest absolute Gasteiger partial charge is 0.456 e. The van der Waals surface area contributed by atoms with E-state index in [1.54, 1.807) is 49.6 Å². The Morgan fingerprint density at radius 3 is 1.46 bits per heavy atom. The highest BCUT2D eigenvalue weighted by Crippen LogP contribution is 2.52. The first kappa shape index (κ1) is 29.5. The van der Waals surface area contributed by atoms with Crippen molar-refractivity contribution in [3.8, 4) is 56.3 Å². The molecule has 0 unspecified atom stereocenters. The Morgan fingerprint density at radius 2 is 0.923 bits per heavy atom. The van der Waals surface area contributed by atoms with E-state index in [1.807, 2.05) is 66.7 Å². The molecule has 0 aliphatic carbocycles. The lowest BCUT2D eigenvalue weighted by atomic mass is 9.80. The van der Waals surface area contributed by atoms with E-state index in [9.17, 15) is 5.26 Å². The molecule has 7 nitrogen and oxygen atoms in total. The molecule has 0 saturated carbocycles. The molecule has 242 valence electrons. The molecule has 0 aliphatic heterocycles. The van der Waals surface area contributed by atoms with Gasteiger partial charge in [-0.3, -0.25) is 19.9 Å². The number of hydrogen-bond acceptors (Lipinski definition) is 6. The van der Waals surface area contributed by atoms with Gasteiger partial charge < -0.3 is 8.98 Å². The van der Waals surface area contributed by atoms with Gasteiger partial charge in [0.1, 0.15) is 17.2 Å². The van der Waals surface area contributed by atoms with Crippen LogP contribution in [0.25, 0.3) is 93.9 Å². The molecule has 0 aliphatic rings. The highest BCUT2D eigenvalue weighted by atomic mass is 16.3. The number of fused-ring (bicyclic) bond motifs is 6. The van der Waals surface area contributed by atoms with Gasteiger partial charge in [0.05, 0.1) is 22.3 Å². The summed E-state index contributed by atoms with van der Waals surface area (Å²) in [7, 11) is 0. The Balaban J connectivity index is 1.51. The fraction of sp³-hybridized carbons (Fsp3) is 0. The Kier molecular flexibility index (Phi) is 6.73. The van der Waals surface area contributed by atoms with Crippen LogP contribution in [0.5, 0.6) is 0 Å². The topological polar surface area (TPSA) is 93.4 Å². The standard InChI is InChI=1S/C45H26N6O/c46-27-36-41(28-9-17-47-18-10-28)43(30-13-21-49-22-14-30)45(44(31-15-23-50-24-16-31)42(36)29-11-19-48-20-12-29)51-37-7-3-1-5-32(37)34-25-35-33-6-2-4-8-39(33)52-40(35)26-38(34)51/h1-26H. The second-order valence-electron chi connectivity index (χ2n) is 12.6. The molecule has 0 amide bonds. The predicted molar refractivity (Wildman–Crippen MR) is 206 cm³/mol. The van der Waals surface area contributed by atoms with E-state index in [2.05, 4.69) is 73.0 Å². The van der Waals surface area contributed by atoms with Gasteiger partial charge in [0.2, 0.25) is 0 Å². The van der Waals surface area contributed by atoms with E-state index in [-0.39, 0.29) is 0 Å². The van der Waals surface area contributed by atoms with Crippen molar-refractivity contribution >= 4 is 43.7 Å². The third-order valence-corrected chi connectivity index (χ3v) is 9.86. The van der Waals surface area contributed by atoms with E-state index in [0.717, 1.165) is 93.9 Å². The normalized spacial score (nSPS) is 11.4. The maximum Gasteiger partial charge on any atom is 0.137 e. The molecular weight excluding hydrogens is 641 g/mol. The predicted octanol–water partition coefficient (Wildman–Crippen LogP) is 10.8. The molecule has 0 radical (unpaired) electrons. The Morgan fingerprint density at radius 1 is 0.442 bits per heavy atom. The molecule has 0 atom stereocenters. The van der Waals surface area contributed by atoms with E-state index in [4.69, 9.17) is 4.42 Å². The van der Waals surface area contributed by atoms with Crippen LogP contribution in [0.15, 0.2) is 163 Å². The number of aromatic nitrogens is 5. The number of benzene rings is 4. The SMILES string of the molecule is N#Cc1c(-c2ccncc2)c(-c2ccncc2)c(-n2c3ccccc3c3cc4c(cc32)oc2ccccc24)c(-c2ccncc2)c1-c1ccncc1. The number of rotatable bonds is 5. The summed E-state index contributed by atoms with van der Waals surface area (Å²) in [5, 5.41) is 15.6. The van der Waals surface area contributed by atoms with Gasteiger partial charge in [0, 0.05) is 99.4 Å². The number of pyridine rings is 4. The minimum absolute atomic E-state index is 0.542. The van der Waals surface area contributed by atoms with E-state index >= 15 is 0 Å². The van der Waals surface area contributed by atoms with Crippen LogP contribution >= 0.6 is 0 Å². The van der Waals surface area contributed by atoms with Crippen LogP contribution in [0.3, 0.4) is 0 Å². The van der Waals surface area contributed by atoms with Gasteiger partial charge in [0.15, 0.2) is 0 Å². The molecule has 0 bridgehead atoms. The summed E-state index contributed by atoms with van der Waals surface area (Å²) in [5.74, 6) is 0. The summed E-state index contributed by atoms with van der Waals surface area (Å²) in [6.45, 7) is 0. The summed E-state index contributed by atoms with van der Waals surface area (Å²) >= 11 is 0. The Labute approximate surface area is 297 Å².